The molecule has 2 aromatic heterocycles. The maximum Gasteiger partial charge on any atom is 0.348 e. The third-order valence-electron chi connectivity index (χ3n) is 4.68. The summed E-state index contributed by atoms with van der Waals surface area (Å²) in [6.07, 6.45) is 2.43. The zero-order valence-corrected chi connectivity index (χ0v) is 15.4. The number of aromatic nitrogens is 2. The van der Waals surface area contributed by atoms with Crippen molar-refractivity contribution in [1.82, 2.24) is 9.78 Å². The van der Waals surface area contributed by atoms with E-state index in [1.807, 2.05) is 55.5 Å². The van der Waals surface area contributed by atoms with E-state index in [0.29, 0.717) is 17.9 Å². The van der Waals surface area contributed by atoms with Crippen molar-refractivity contribution in [3.8, 4) is 5.75 Å². The summed E-state index contributed by atoms with van der Waals surface area (Å²) in [6, 6.07) is 11.0. The van der Waals surface area contributed by atoms with Crippen LogP contribution in [0.2, 0.25) is 0 Å². The van der Waals surface area contributed by atoms with Crippen molar-refractivity contribution in [2.24, 2.45) is 12.1 Å². The summed E-state index contributed by atoms with van der Waals surface area (Å²) in [5, 5.41) is 21.3. The lowest BCUT2D eigenvalue weighted by atomic mass is 9.99. The van der Waals surface area contributed by atoms with E-state index in [2.05, 4.69) is 10.2 Å². The molecule has 4 rings (SSSR count). The number of hydrogen-bond donors (Lipinski definition) is 1. The lowest BCUT2D eigenvalue weighted by Crippen LogP contribution is -2.19. The Hall–Kier alpha value is -3.35. The molecule has 0 amide bonds. The Morgan fingerprint density at radius 3 is 2.59 bits per heavy atom. The normalized spacial score (nSPS) is 16.6. The maximum atomic E-state index is 12.4. The van der Waals surface area contributed by atoms with Crippen molar-refractivity contribution in [2.75, 3.05) is 5.01 Å². The molecular weight excluding hydrogens is 344 g/mol. The highest BCUT2D eigenvalue weighted by molar-refractivity contribution is 6.04. The van der Waals surface area contributed by atoms with E-state index in [4.69, 9.17) is 4.42 Å². The molecule has 3 aromatic rings. The van der Waals surface area contributed by atoms with Crippen LogP contribution in [0.5, 0.6) is 5.75 Å². The van der Waals surface area contributed by atoms with Gasteiger partial charge in [-0.3, -0.25) is 9.69 Å². The number of aromatic hydroxyl groups is 1. The second kappa shape index (κ2) is 6.42. The molecule has 0 bridgehead atoms. The smallest absolute Gasteiger partial charge is 0.348 e. The zero-order chi connectivity index (χ0) is 19.1. The predicted octanol–water partition coefficient (Wildman–Crippen LogP) is 3.05. The van der Waals surface area contributed by atoms with Crippen molar-refractivity contribution >= 4 is 11.4 Å². The van der Waals surface area contributed by atoms with E-state index in [-0.39, 0.29) is 17.4 Å². The fraction of sp³-hybridized carbons (Fsp3) is 0.250. The molecule has 1 N–H and O–H groups in total. The van der Waals surface area contributed by atoms with Gasteiger partial charge in [0.1, 0.15) is 17.1 Å². The second-order valence-corrected chi connectivity index (χ2v) is 6.70. The van der Waals surface area contributed by atoms with Crippen molar-refractivity contribution in [2.45, 2.75) is 26.3 Å². The Kier molecular flexibility index (Phi) is 4.07. The van der Waals surface area contributed by atoms with Gasteiger partial charge >= 0.3 is 5.63 Å². The summed E-state index contributed by atoms with van der Waals surface area (Å²) < 4.78 is 6.95. The van der Waals surface area contributed by atoms with E-state index in [0.717, 1.165) is 16.9 Å². The van der Waals surface area contributed by atoms with Crippen LogP contribution in [0.25, 0.3) is 0 Å². The fourth-order valence-corrected chi connectivity index (χ4v) is 3.53. The van der Waals surface area contributed by atoms with Crippen molar-refractivity contribution < 1.29 is 9.52 Å². The van der Waals surface area contributed by atoms with Gasteiger partial charge in [0.2, 0.25) is 0 Å². The van der Waals surface area contributed by atoms with Gasteiger partial charge in [0.05, 0.1) is 23.1 Å². The number of nitrogens with zero attached hydrogens (tertiary/aromatic N) is 4. The van der Waals surface area contributed by atoms with Gasteiger partial charge in [-0.15, -0.1) is 0 Å². The Bertz CT molecular complexity index is 1080. The van der Waals surface area contributed by atoms with Gasteiger partial charge in [0.15, 0.2) is 0 Å². The van der Waals surface area contributed by atoms with E-state index in [1.54, 1.807) is 11.6 Å². The summed E-state index contributed by atoms with van der Waals surface area (Å²) in [5.41, 5.74) is 2.86. The molecule has 0 saturated carbocycles. The molecule has 138 valence electrons. The molecule has 27 heavy (non-hydrogen) atoms. The van der Waals surface area contributed by atoms with Crippen LogP contribution in [0.4, 0.5) is 5.69 Å². The fourth-order valence-electron chi connectivity index (χ4n) is 3.53. The van der Waals surface area contributed by atoms with Crippen LogP contribution in [-0.4, -0.2) is 20.6 Å². The van der Waals surface area contributed by atoms with Crippen LogP contribution in [0.1, 0.15) is 35.0 Å². The van der Waals surface area contributed by atoms with Crippen LogP contribution in [0, 0.1) is 13.8 Å². The topological polar surface area (TPSA) is 83.9 Å². The van der Waals surface area contributed by atoms with E-state index >= 15 is 0 Å². The largest absolute Gasteiger partial charge is 0.507 e. The molecule has 7 nitrogen and oxygen atoms in total. The molecule has 1 aliphatic heterocycles. The molecule has 0 spiro atoms. The summed E-state index contributed by atoms with van der Waals surface area (Å²) in [4.78, 5) is 12.4. The molecule has 1 aromatic carbocycles. The summed E-state index contributed by atoms with van der Waals surface area (Å²) in [7, 11) is 1.88. The van der Waals surface area contributed by atoms with Gasteiger partial charge < -0.3 is 9.52 Å². The molecular formula is C20H20N4O3. The molecule has 0 fully saturated rings. The van der Waals surface area contributed by atoms with Crippen LogP contribution < -0.4 is 10.6 Å². The molecule has 7 heteroatoms. The Morgan fingerprint density at radius 1 is 1.22 bits per heavy atom. The van der Waals surface area contributed by atoms with Crippen LogP contribution in [0.3, 0.4) is 0 Å². The number of para-hydroxylation sites is 1. The highest BCUT2D eigenvalue weighted by atomic mass is 16.4. The van der Waals surface area contributed by atoms with Gasteiger partial charge in [-0.1, -0.05) is 18.2 Å². The quantitative estimate of drug-likeness (QED) is 0.772. The molecule has 1 unspecified atom stereocenters. The minimum atomic E-state index is -0.581. The van der Waals surface area contributed by atoms with Crippen molar-refractivity contribution in [1.29, 1.82) is 0 Å². The first-order valence-electron chi connectivity index (χ1n) is 8.70. The molecule has 0 aliphatic carbocycles. The third kappa shape index (κ3) is 3.01. The van der Waals surface area contributed by atoms with Crippen LogP contribution in [0.15, 0.2) is 56.9 Å². The molecule has 1 aliphatic rings. The number of aryl methyl sites for hydroxylation is 3. The summed E-state index contributed by atoms with van der Waals surface area (Å²) in [5.74, 6) is 0.249. The van der Waals surface area contributed by atoms with Crippen LogP contribution in [-0.2, 0) is 7.05 Å². The van der Waals surface area contributed by atoms with Gasteiger partial charge in [0.25, 0.3) is 0 Å². The second-order valence-electron chi connectivity index (χ2n) is 6.70. The number of benzene rings is 1. The van der Waals surface area contributed by atoms with Crippen LogP contribution >= 0.6 is 0 Å². The first-order chi connectivity index (χ1) is 12.9. The first kappa shape index (κ1) is 17.1. The number of anilines is 1. The Morgan fingerprint density at radius 2 is 1.96 bits per heavy atom. The van der Waals surface area contributed by atoms with Crippen molar-refractivity contribution in [3.63, 3.8) is 0 Å². The van der Waals surface area contributed by atoms with Crippen molar-refractivity contribution in [3.05, 3.63) is 75.6 Å². The summed E-state index contributed by atoms with van der Waals surface area (Å²) >= 11 is 0. The monoisotopic (exact) mass is 364 g/mol. The Balaban J connectivity index is 1.84. The van der Waals surface area contributed by atoms with E-state index < -0.39 is 5.63 Å². The van der Waals surface area contributed by atoms with E-state index in [9.17, 15) is 9.90 Å². The van der Waals surface area contributed by atoms with Gasteiger partial charge in [-0.2, -0.15) is 10.2 Å². The standard InChI is InChI=1S/C20H20N4O3/c1-12-9-18(25)19(20(26)27-12)16-10-17(15-11-23(3)21-13(15)2)24(22-16)14-7-5-4-6-8-14/h4-9,11,17,25H,10H2,1-3H3. The number of hydrogen-bond acceptors (Lipinski definition) is 6. The van der Waals surface area contributed by atoms with Gasteiger partial charge in [-0.25, -0.2) is 4.79 Å². The third-order valence-corrected chi connectivity index (χ3v) is 4.68. The lowest BCUT2D eigenvalue weighted by molar-refractivity contribution is 0.432. The average Bonchev–Trinajstić information content (AvgIpc) is 3.18. The Labute approximate surface area is 156 Å². The first-order valence-corrected chi connectivity index (χ1v) is 8.70. The number of rotatable bonds is 3. The number of hydrazone groups is 1. The minimum Gasteiger partial charge on any atom is -0.507 e. The average molecular weight is 364 g/mol. The zero-order valence-electron chi connectivity index (χ0n) is 15.4. The lowest BCUT2D eigenvalue weighted by Gasteiger charge is -2.23. The van der Waals surface area contributed by atoms with Gasteiger partial charge in [0, 0.05) is 31.3 Å². The molecule has 0 radical (unpaired) electrons. The summed E-state index contributed by atoms with van der Waals surface area (Å²) in [6.45, 7) is 3.58. The maximum absolute atomic E-state index is 12.4. The highest BCUT2D eigenvalue weighted by Crippen LogP contribution is 2.38. The molecule has 1 atom stereocenters. The minimum absolute atomic E-state index is 0.112. The highest BCUT2D eigenvalue weighted by Gasteiger charge is 2.34. The predicted molar refractivity (Wildman–Crippen MR) is 102 cm³/mol. The van der Waals surface area contributed by atoms with E-state index in [1.165, 1.54) is 6.07 Å². The molecule has 0 saturated heterocycles. The van der Waals surface area contributed by atoms with Gasteiger partial charge in [-0.05, 0) is 26.0 Å². The SMILES string of the molecule is Cc1cc(O)c(C2=NN(c3ccccc3)C(c3cn(C)nc3C)C2)c(=O)o1. The molecule has 3 heterocycles.